The molecule has 0 saturated carbocycles. The molecule has 7 heteroatoms. The van der Waals surface area contributed by atoms with Gasteiger partial charge in [-0.15, -0.1) is 5.10 Å². The molecule has 0 aliphatic carbocycles. The number of carbonyl (C=O) groups excluding carboxylic acids is 1. The minimum atomic E-state index is -0.341. The normalized spacial score (nSPS) is 10.7. The van der Waals surface area contributed by atoms with Crippen molar-refractivity contribution in [1.29, 1.82) is 0 Å². The zero-order valence-electron chi connectivity index (χ0n) is 14.3. The van der Waals surface area contributed by atoms with Crippen LogP contribution in [0.15, 0.2) is 47.6 Å². The second-order valence-corrected chi connectivity index (χ2v) is 6.59. The molecule has 0 aliphatic rings. The molecule has 25 heavy (non-hydrogen) atoms. The highest BCUT2D eigenvalue weighted by Gasteiger charge is 2.12. The van der Waals surface area contributed by atoms with E-state index in [-0.39, 0.29) is 5.97 Å². The average molecular weight is 354 g/mol. The second kappa shape index (κ2) is 7.48. The molecule has 0 saturated heterocycles. The molecule has 0 amide bonds. The first kappa shape index (κ1) is 17.2. The van der Waals surface area contributed by atoms with Gasteiger partial charge in [0.2, 0.25) is 5.16 Å². The summed E-state index contributed by atoms with van der Waals surface area (Å²) in [6.07, 6.45) is 0. The standard InChI is InChI=1S/C18H18N4O2S/c1-12-7-8-13(2)16(9-12)22-18(19-20-21-22)25-11-14-5-4-6-15(10-14)17(23)24-3/h4-10H,11H2,1-3H3. The number of aryl methyl sites for hydroxylation is 2. The molecule has 6 nitrogen and oxygen atoms in total. The quantitative estimate of drug-likeness (QED) is 0.517. The lowest BCUT2D eigenvalue weighted by Crippen LogP contribution is -2.03. The van der Waals surface area contributed by atoms with Crippen molar-refractivity contribution >= 4 is 17.7 Å². The van der Waals surface area contributed by atoms with Gasteiger partial charge in [-0.05, 0) is 59.2 Å². The van der Waals surface area contributed by atoms with E-state index in [2.05, 4.69) is 33.7 Å². The number of ether oxygens (including phenoxy) is 1. The molecular weight excluding hydrogens is 336 g/mol. The summed E-state index contributed by atoms with van der Waals surface area (Å²) in [5.41, 5.74) is 4.76. The van der Waals surface area contributed by atoms with E-state index >= 15 is 0 Å². The number of rotatable bonds is 5. The van der Waals surface area contributed by atoms with Gasteiger partial charge < -0.3 is 4.74 Å². The minimum Gasteiger partial charge on any atom is -0.465 e. The van der Waals surface area contributed by atoms with Crippen LogP contribution in [-0.4, -0.2) is 33.3 Å². The predicted molar refractivity (Wildman–Crippen MR) is 96.0 cm³/mol. The number of esters is 1. The fourth-order valence-electron chi connectivity index (χ4n) is 2.42. The maximum absolute atomic E-state index is 11.6. The topological polar surface area (TPSA) is 69.9 Å². The monoisotopic (exact) mass is 354 g/mol. The lowest BCUT2D eigenvalue weighted by molar-refractivity contribution is 0.0600. The molecule has 0 aliphatic heterocycles. The number of hydrogen-bond acceptors (Lipinski definition) is 6. The Morgan fingerprint density at radius 1 is 1.20 bits per heavy atom. The third-order valence-corrected chi connectivity index (χ3v) is 4.74. The molecular formula is C18H18N4O2S. The molecule has 3 rings (SSSR count). The van der Waals surface area contributed by atoms with Crippen LogP contribution in [-0.2, 0) is 10.5 Å². The number of benzene rings is 2. The van der Waals surface area contributed by atoms with Crippen molar-refractivity contribution in [3.8, 4) is 5.69 Å². The average Bonchev–Trinajstić information content (AvgIpc) is 3.10. The molecule has 0 N–H and O–H groups in total. The van der Waals surface area contributed by atoms with Gasteiger partial charge in [0.15, 0.2) is 0 Å². The van der Waals surface area contributed by atoms with Gasteiger partial charge in [-0.25, -0.2) is 4.79 Å². The summed E-state index contributed by atoms with van der Waals surface area (Å²) < 4.78 is 6.51. The highest BCUT2D eigenvalue weighted by atomic mass is 32.2. The van der Waals surface area contributed by atoms with E-state index in [4.69, 9.17) is 4.74 Å². The molecule has 2 aromatic carbocycles. The summed E-state index contributed by atoms with van der Waals surface area (Å²) in [7, 11) is 1.38. The van der Waals surface area contributed by atoms with Gasteiger partial charge in [-0.1, -0.05) is 36.0 Å². The van der Waals surface area contributed by atoms with Gasteiger partial charge in [-0.2, -0.15) is 4.68 Å². The lowest BCUT2D eigenvalue weighted by atomic mass is 10.1. The van der Waals surface area contributed by atoms with Crippen molar-refractivity contribution in [2.24, 2.45) is 0 Å². The summed E-state index contributed by atoms with van der Waals surface area (Å²) >= 11 is 1.52. The molecule has 0 bridgehead atoms. The van der Waals surface area contributed by atoms with Crippen molar-refractivity contribution in [2.45, 2.75) is 24.8 Å². The van der Waals surface area contributed by atoms with Gasteiger partial charge >= 0.3 is 5.97 Å². The van der Waals surface area contributed by atoms with E-state index in [1.807, 2.05) is 32.0 Å². The van der Waals surface area contributed by atoms with Crippen molar-refractivity contribution < 1.29 is 9.53 Å². The number of thioether (sulfide) groups is 1. The molecule has 128 valence electrons. The highest BCUT2D eigenvalue weighted by Crippen LogP contribution is 2.25. The Hall–Kier alpha value is -2.67. The Balaban J connectivity index is 1.81. The molecule has 0 atom stereocenters. The molecule has 0 spiro atoms. The molecule has 0 fully saturated rings. The largest absolute Gasteiger partial charge is 0.465 e. The first-order chi connectivity index (χ1) is 12.1. The summed E-state index contributed by atoms with van der Waals surface area (Å²) in [5.74, 6) is 0.308. The number of hydrogen-bond donors (Lipinski definition) is 0. The fourth-order valence-corrected chi connectivity index (χ4v) is 3.25. The summed E-state index contributed by atoms with van der Waals surface area (Å²) in [5, 5.41) is 12.8. The van der Waals surface area contributed by atoms with E-state index in [9.17, 15) is 4.79 Å². The minimum absolute atomic E-state index is 0.341. The maximum atomic E-state index is 11.6. The molecule has 1 aromatic heterocycles. The maximum Gasteiger partial charge on any atom is 0.337 e. The van der Waals surface area contributed by atoms with E-state index in [0.29, 0.717) is 16.5 Å². The number of nitrogens with zero attached hydrogens (tertiary/aromatic N) is 4. The first-order valence-electron chi connectivity index (χ1n) is 7.74. The zero-order chi connectivity index (χ0) is 17.8. The van der Waals surface area contributed by atoms with E-state index in [1.165, 1.54) is 18.9 Å². The van der Waals surface area contributed by atoms with Crippen molar-refractivity contribution in [3.05, 3.63) is 64.7 Å². The Labute approximate surface area is 150 Å². The van der Waals surface area contributed by atoms with Crippen LogP contribution < -0.4 is 0 Å². The fraction of sp³-hybridized carbons (Fsp3) is 0.222. The van der Waals surface area contributed by atoms with Gasteiger partial charge in [0.05, 0.1) is 18.4 Å². The number of tetrazole rings is 1. The van der Waals surface area contributed by atoms with Gasteiger partial charge in [0.25, 0.3) is 0 Å². The molecule has 1 heterocycles. The smallest absolute Gasteiger partial charge is 0.337 e. The molecule has 3 aromatic rings. The van der Waals surface area contributed by atoms with Crippen molar-refractivity contribution in [3.63, 3.8) is 0 Å². The van der Waals surface area contributed by atoms with Gasteiger partial charge in [0.1, 0.15) is 0 Å². The Morgan fingerprint density at radius 3 is 2.84 bits per heavy atom. The highest BCUT2D eigenvalue weighted by molar-refractivity contribution is 7.98. The number of methoxy groups -OCH3 is 1. The van der Waals surface area contributed by atoms with Crippen LogP contribution in [0.2, 0.25) is 0 Å². The van der Waals surface area contributed by atoms with Crippen LogP contribution in [0, 0.1) is 13.8 Å². The number of aromatic nitrogens is 4. The van der Waals surface area contributed by atoms with Crippen molar-refractivity contribution in [1.82, 2.24) is 20.2 Å². The molecule has 0 unspecified atom stereocenters. The zero-order valence-corrected chi connectivity index (χ0v) is 15.1. The molecule has 0 radical (unpaired) electrons. The Kier molecular flexibility index (Phi) is 5.14. The Morgan fingerprint density at radius 2 is 2.04 bits per heavy atom. The van der Waals surface area contributed by atoms with Gasteiger partial charge in [0, 0.05) is 5.75 Å². The third kappa shape index (κ3) is 3.88. The predicted octanol–water partition coefficient (Wildman–Crippen LogP) is 3.36. The second-order valence-electron chi connectivity index (χ2n) is 5.64. The van der Waals surface area contributed by atoms with Crippen LogP contribution in [0.1, 0.15) is 27.0 Å². The van der Waals surface area contributed by atoms with E-state index in [0.717, 1.165) is 22.4 Å². The SMILES string of the molecule is COC(=O)c1cccc(CSc2nnnn2-c2cc(C)ccc2C)c1. The van der Waals surface area contributed by atoms with E-state index < -0.39 is 0 Å². The third-order valence-electron chi connectivity index (χ3n) is 3.75. The van der Waals surface area contributed by atoms with Crippen LogP contribution in [0.25, 0.3) is 5.69 Å². The van der Waals surface area contributed by atoms with Crippen LogP contribution >= 0.6 is 11.8 Å². The van der Waals surface area contributed by atoms with Crippen LogP contribution in [0.4, 0.5) is 0 Å². The van der Waals surface area contributed by atoms with Crippen molar-refractivity contribution in [2.75, 3.05) is 7.11 Å². The lowest BCUT2D eigenvalue weighted by Gasteiger charge is -2.09. The summed E-state index contributed by atoms with van der Waals surface area (Å²) in [4.78, 5) is 11.6. The number of carbonyl (C=O) groups is 1. The Bertz CT molecular complexity index is 908. The van der Waals surface area contributed by atoms with Crippen LogP contribution in [0.5, 0.6) is 0 Å². The van der Waals surface area contributed by atoms with E-state index in [1.54, 1.807) is 10.7 Å². The first-order valence-corrected chi connectivity index (χ1v) is 8.73. The van der Waals surface area contributed by atoms with Gasteiger partial charge in [-0.3, -0.25) is 0 Å². The van der Waals surface area contributed by atoms with Crippen LogP contribution in [0.3, 0.4) is 0 Å². The summed E-state index contributed by atoms with van der Waals surface area (Å²) in [6, 6.07) is 13.6. The summed E-state index contributed by atoms with van der Waals surface area (Å²) in [6.45, 7) is 4.07.